The van der Waals surface area contributed by atoms with E-state index < -0.39 is 0 Å². The van der Waals surface area contributed by atoms with Crippen LogP contribution in [0.2, 0.25) is 0 Å². The Balaban J connectivity index is 1.57. The lowest BCUT2D eigenvalue weighted by atomic mass is 10.0. The maximum absolute atomic E-state index is 12.6. The summed E-state index contributed by atoms with van der Waals surface area (Å²) in [5, 5.41) is 8.20. The summed E-state index contributed by atoms with van der Waals surface area (Å²) < 4.78 is 0. The Kier molecular flexibility index (Phi) is 4.19. The normalized spacial score (nSPS) is 21.6. The average Bonchev–Trinajstić information content (AvgIpc) is 3.16. The first-order valence-corrected chi connectivity index (χ1v) is 7.81. The molecule has 2 aliphatic heterocycles. The smallest absolute Gasteiger partial charge is 0.223 e. The zero-order valence-corrected chi connectivity index (χ0v) is 12.6. The number of pyridine rings is 1. The molecule has 114 valence electrons. The van der Waals surface area contributed by atoms with E-state index >= 15 is 0 Å². The second-order valence-electron chi connectivity index (χ2n) is 5.91. The van der Waals surface area contributed by atoms with Crippen LogP contribution in [0.4, 0.5) is 0 Å². The van der Waals surface area contributed by atoms with E-state index in [1.165, 1.54) is 5.56 Å². The fourth-order valence-corrected chi connectivity index (χ4v) is 3.12. The van der Waals surface area contributed by atoms with Gasteiger partial charge in [0.05, 0.1) is 6.04 Å². The lowest BCUT2D eigenvalue weighted by molar-refractivity contribution is -0.132. The first-order chi connectivity index (χ1) is 10.7. The number of nitrogens with zero attached hydrogens (tertiary/aromatic N) is 4. The van der Waals surface area contributed by atoms with Gasteiger partial charge in [0.15, 0.2) is 5.66 Å². The zero-order chi connectivity index (χ0) is 15.4. The second kappa shape index (κ2) is 6.27. The number of terminal acetylenes is 1. The van der Waals surface area contributed by atoms with Crippen molar-refractivity contribution in [3.8, 4) is 12.3 Å². The molecule has 1 aromatic heterocycles. The monoisotopic (exact) mass is 296 g/mol. The van der Waals surface area contributed by atoms with Crippen molar-refractivity contribution in [2.75, 3.05) is 6.54 Å². The van der Waals surface area contributed by atoms with Gasteiger partial charge in [-0.1, -0.05) is 0 Å². The van der Waals surface area contributed by atoms with Crippen molar-refractivity contribution in [3.05, 3.63) is 30.1 Å². The number of carbonyl (C=O) groups is 1. The van der Waals surface area contributed by atoms with Crippen LogP contribution in [-0.4, -0.2) is 28.0 Å². The van der Waals surface area contributed by atoms with Gasteiger partial charge in [0.1, 0.15) is 0 Å². The largest absolute Gasteiger partial charge is 0.336 e. The van der Waals surface area contributed by atoms with Crippen LogP contribution in [0.25, 0.3) is 0 Å². The fraction of sp³-hybridized carbons (Fsp3) is 0.529. The zero-order valence-electron chi connectivity index (χ0n) is 12.6. The third-order valence-electron chi connectivity index (χ3n) is 4.46. The molecule has 0 N–H and O–H groups in total. The number of rotatable bonds is 6. The molecule has 1 saturated heterocycles. The van der Waals surface area contributed by atoms with Gasteiger partial charge in [0, 0.05) is 44.6 Å². The highest BCUT2D eigenvalue weighted by atomic mass is 16.2. The highest BCUT2D eigenvalue weighted by molar-refractivity contribution is 5.77. The predicted molar refractivity (Wildman–Crippen MR) is 82.8 cm³/mol. The van der Waals surface area contributed by atoms with Gasteiger partial charge >= 0.3 is 0 Å². The minimum absolute atomic E-state index is 0.185. The molecule has 1 aromatic rings. The predicted octanol–water partition coefficient (Wildman–Crippen LogP) is 3.10. The van der Waals surface area contributed by atoms with Crippen LogP contribution in [-0.2, 0) is 4.79 Å². The van der Waals surface area contributed by atoms with Crippen molar-refractivity contribution in [3.63, 3.8) is 0 Å². The summed E-state index contributed by atoms with van der Waals surface area (Å²) in [6.45, 7) is 0.831. The summed E-state index contributed by atoms with van der Waals surface area (Å²) in [6, 6.07) is 4.18. The number of likely N-dealkylation sites (tertiary alicyclic amines) is 1. The standard InChI is InChI=1S/C17H20N4O/c1-2-3-9-17(19-20-17)10-6-16(22)21-13-4-5-15(21)14-7-11-18-12-8-14/h1,7-8,11-12,15H,3-6,9-10,13H2. The molecule has 22 heavy (non-hydrogen) atoms. The third-order valence-corrected chi connectivity index (χ3v) is 4.46. The molecule has 0 spiro atoms. The van der Waals surface area contributed by atoms with Crippen molar-refractivity contribution in [1.82, 2.24) is 9.88 Å². The number of hydrogen-bond acceptors (Lipinski definition) is 4. The van der Waals surface area contributed by atoms with Crippen LogP contribution in [0.1, 0.15) is 50.1 Å². The fourth-order valence-electron chi connectivity index (χ4n) is 3.12. The quantitative estimate of drug-likeness (QED) is 0.757. The van der Waals surface area contributed by atoms with E-state index in [2.05, 4.69) is 21.1 Å². The number of aromatic nitrogens is 1. The van der Waals surface area contributed by atoms with Gasteiger partial charge in [-0.25, -0.2) is 0 Å². The van der Waals surface area contributed by atoms with Crippen LogP contribution in [0.3, 0.4) is 0 Å². The molecule has 3 heterocycles. The van der Waals surface area contributed by atoms with Crippen LogP contribution in [0.5, 0.6) is 0 Å². The maximum atomic E-state index is 12.6. The van der Waals surface area contributed by atoms with E-state index in [0.717, 1.165) is 25.8 Å². The molecule has 0 saturated carbocycles. The van der Waals surface area contributed by atoms with Gasteiger partial charge in [-0.05, 0) is 30.5 Å². The SMILES string of the molecule is C#CCCC1(CCC(=O)N2CCCC2c2ccncc2)N=N1. The molecule has 0 aromatic carbocycles. The van der Waals surface area contributed by atoms with Crippen LogP contribution in [0.15, 0.2) is 34.8 Å². The molecular formula is C17H20N4O. The first-order valence-electron chi connectivity index (χ1n) is 7.81. The summed E-state index contributed by atoms with van der Waals surface area (Å²) in [6.07, 6.45) is 13.5. The van der Waals surface area contributed by atoms with E-state index in [9.17, 15) is 4.79 Å². The van der Waals surface area contributed by atoms with Crippen LogP contribution < -0.4 is 0 Å². The summed E-state index contributed by atoms with van der Waals surface area (Å²) in [5.74, 6) is 2.81. The minimum Gasteiger partial charge on any atom is -0.336 e. The van der Waals surface area contributed by atoms with Gasteiger partial charge in [0.25, 0.3) is 0 Å². The van der Waals surface area contributed by atoms with E-state index in [1.807, 2.05) is 17.0 Å². The minimum atomic E-state index is -0.367. The Morgan fingerprint density at radius 1 is 1.36 bits per heavy atom. The Morgan fingerprint density at radius 3 is 2.82 bits per heavy atom. The molecule has 2 aliphatic rings. The molecule has 5 heteroatoms. The molecule has 0 radical (unpaired) electrons. The summed E-state index contributed by atoms with van der Waals surface area (Å²) in [7, 11) is 0. The van der Waals surface area contributed by atoms with Crippen molar-refractivity contribution >= 4 is 5.91 Å². The van der Waals surface area contributed by atoms with Gasteiger partial charge < -0.3 is 4.90 Å². The molecule has 1 unspecified atom stereocenters. The van der Waals surface area contributed by atoms with Gasteiger partial charge in [0.2, 0.25) is 5.91 Å². The summed E-state index contributed by atoms with van der Waals surface area (Å²) in [5.41, 5.74) is 0.803. The Labute approximate surface area is 130 Å². The van der Waals surface area contributed by atoms with Crippen molar-refractivity contribution in [2.24, 2.45) is 10.2 Å². The molecule has 1 atom stereocenters. The van der Waals surface area contributed by atoms with E-state index in [0.29, 0.717) is 19.3 Å². The molecule has 3 rings (SSSR count). The van der Waals surface area contributed by atoms with E-state index in [4.69, 9.17) is 6.42 Å². The van der Waals surface area contributed by atoms with E-state index in [-0.39, 0.29) is 17.6 Å². The van der Waals surface area contributed by atoms with Gasteiger partial charge in [-0.3, -0.25) is 9.78 Å². The molecule has 0 aliphatic carbocycles. The van der Waals surface area contributed by atoms with Gasteiger partial charge in [-0.2, -0.15) is 10.2 Å². The molecule has 0 bridgehead atoms. The third kappa shape index (κ3) is 3.16. The summed E-state index contributed by atoms with van der Waals surface area (Å²) >= 11 is 0. The highest BCUT2D eigenvalue weighted by Crippen LogP contribution is 2.39. The Bertz CT molecular complexity index is 599. The first kappa shape index (κ1) is 14.7. The summed E-state index contributed by atoms with van der Waals surface area (Å²) in [4.78, 5) is 18.6. The van der Waals surface area contributed by atoms with Crippen molar-refractivity contribution in [1.29, 1.82) is 0 Å². The second-order valence-corrected chi connectivity index (χ2v) is 5.91. The number of amides is 1. The Hall–Kier alpha value is -2.22. The van der Waals surface area contributed by atoms with Gasteiger partial charge in [-0.15, -0.1) is 12.3 Å². The lowest BCUT2D eigenvalue weighted by Gasteiger charge is -2.25. The molecule has 1 fully saturated rings. The molecule has 1 amide bonds. The molecular weight excluding hydrogens is 276 g/mol. The van der Waals surface area contributed by atoms with E-state index in [1.54, 1.807) is 12.4 Å². The topological polar surface area (TPSA) is 57.9 Å². The highest BCUT2D eigenvalue weighted by Gasteiger charge is 2.40. The maximum Gasteiger partial charge on any atom is 0.223 e. The lowest BCUT2D eigenvalue weighted by Crippen LogP contribution is -2.31. The number of hydrogen-bond donors (Lipinski definition) is 0. The van der Waals surface area contributed by atoms with Crippen LogP contribution in [0, 0.1) is 12.3 Å². The average molecular weight is 296 g/mol. The number of carbonyl (C=O) groups excluding carboxylic acids is 1. The Morgan fingerprint density at radius 2 is 2.14 bits per heavy atom. The van der Waals surface area contributed by atoms with Crippen molar-refractivity contribution in [2.45, 2.75) is 50.2 Å². The van der Waals surface area contributed by atoms with Crippen LogP contribution >= 0.6 is 0 Å². The van der Waals surface area contributed by atoms with Crippen molar-refractivity contribution < 1.29 is 4.79 Å². The molecule has 5 nitrogen and oxygen atoms in total.